The van der Waals surface area contributed by atoms with Crippen LogP contribution in [0.2, 0.25) is 0 Å². The Morgan fingerprint density at radius 3 is 2.88 bits per heavy atom. The Morgan fingerprint density at radius 1 is 1.58 bits per heavy atom. The highest BCUT2D eigenvalue weighted by Crippen LogP contribution is 2.44. The number of anilines is 1. The smallest absolute Gasteiger partial charge is 0.317 e. The van der Waals surface area contributed by atoms with E-state index in [1.165, 1.54) is 46.0 Å². The van der Waals surface area contributed by atoms with Gasteiger partial charge in [0.15, 0.2) is 0 Å². The molecule has 10 heteroatoms. The number of rotatable bonds is 4. The number of fused-ring (bicyclic) bond motifs is 1. The fraction of sp³-hybridized carbons (Fsp3) is 0.429. The molecule has 2 amide bonds. The van der Waals surface area contributed by atoms with Crippen LogP contribution in [0.5, 0.6) is 0 Å². The number of amides is 2. The van der Waals surface area contributed by atoms with Crippen molar-refractivity contribution >= 4 is 52.1 Å². The minimum atomic E-state index is -1.29. The number of β-lactam (4-membered cyclic amide) rings is 1. The third-order valence-electron chi connectivity index (χ3n) is 4.19. The number of carboxylic acid groups (broad SMARTS) is 1. The maximum atomic E-state index is 12.6. The van der Waals surface area contributed by atoms with Gasteiger partial charge in [-0.25, -0.2) is 0 Å². The fourth-order valence-electron chi connectivity index (χ4n) is 2.98. The zero-order chi connectivity index (χ0) is 17.5. The standard InChI is InChI=1S/C14H16N4O4S2/c1-8(19)18(9-3-2-4-23-9)10-11(20)17-6-14(5-16-15,13(21)22)7-24-12(10)17/h2-5,10,12H,6-7,15H2,1H3,(H,21,22)/t10?,12-,14?/m1/s1. The SMILES string of the molecule is CC(=O)N(c1cccs1)C1C(=O)N2CC(C=NN)(C(=O)O)CS[C@H]12. The van der Waals surface area contributed by atoms with Crippen molar-refractivity contribution in [2.75, 3.05) is 17.2 Å². The first-order valence-electron chi connectivity index (χ1n) is 7.14. The summed E-state index contributed by atoms with van der Waals surface area (Å²) in [5, 5.41) is 15.1. The maximum absolute atomic E-state index is 12.6. The van der Waals surface area contributed by atoms with Gasteiger partial charge in [0.25, 0.3) is 0 Å². The predicted octanol–water partition coefficient (Wildman–Crippen LogP) is 0.400. The molecule has 0 saturated carbocycles. The number of hydrazone groups is 1. The predicted molar refractivity (Wildman–Crippen MR) is 92.0 cm³/mol. The molecule has 1 aromatic rings. The number of carbonyl (C=O) groups is 3. The lowest BCUT2D eigenvalue weighted by molar-refractivity contribution is -0.153. The zero-order valence-corrected chi connectivity index (χ0v) is 14.4. The van der Waals surface area contributed by atoms with E-state index in [0.29, 0.717) is 5.00 Å². The van der Waals surface area contributed by atoms with Crippen molar-refractivity contribution in [3.63, 3.8) is 0 Å². The van der Waals surface area contributed by atoms with Crippen molar-refractivity contribution in [1.29, 1.82) is 0 Å². The topological polar surface area (TPSA) is 116 Å². The van der Waals surface area contributed by atoms with Crippen LogP contribution in [-0.4, -0.2) is 57.7 Å². The second kappa shape index (κ2) is 6.10. The first-order valence-corrected chi connectivity index (χ1v) is 9.07. The van der Waals surface area contributed by atoms with Crippen molar-refractivity contribution in [3.8, 4) is 0 Å². The molecule has 2 fully saturated rings. The van der Waals surface area contributed by atoms with Gasteiger partial charge < -0.3 is 15.8 Å². The normalized spacial score (nSPS) is 29.2. The van der Waals surface area contributed by atoms with E-state index in [2.05, 4.69) is 5.10 Å². The summed E-state index contributed by atoms with van der Waals surface area (Å²) in [5.74, 6) is 3.84. The molecule has 1 aromatic heterocycles. The van der Waals surface area contributed by atoms with Crippen molar-refractivity contribution in [3.05, 3.63) is 17.5 Å². The van der Waals surface area contributed by atoms with Gasteiger partial charge in [-0.3, -0.25) is 19.3 Å². The average molecular weight is 368 g/mol. The highest BCUT2D eigenvalue weighted by atomic mass is 32.2. The van der Waals surface area contributed by atoms with Crippen LogP contribution in [0.1, 0.15) is 6.92 Å². The van der Waals surface area contributed by atoms with Gasteiger partial charge in [-0.05, 0) is 17.5 Å². The molecule has 3 N–H and O–H groups in total. The van der Waals surface area contributed by atoms with Crippen molar-refractivity contribution in [2.45, 2.75) is 18.3 Å². The van der Waals surface area contributed by atoms with Crippen molar-refractivity contribution in [1.82, 2.24) is 4.90 Å². The molecule has 3 heterocycles. The quantitative estimate of drug-likeness (QED) is 0.344. The van der Waals surface area contributed by atoms with E-state index in [-0.39, 0.29) is 29.5 Å². The Hall–Kier alpha value is -2.07. The molecule has 24 heavy (non-hydrogen) atoms. The number of thiophene rings is 1. The highest BCUT2D eigenvalue weighted by molar-refractivity contribution is 8.00. The Morgan fingerprint density at radius 2 is 2.33 bits per heavy atom. The summed E-state index contributed by atoms with van der Waals surface area (Å²) in [5.41, 5.74) is -1.29. The molecule has 128 valence electrons. The van der Waals surface area contributed by atoms with E-state index in [9.17, 15) is 19.5 Å². The van der Waals surface area contributed by atoms with Crippen molar-refractivity contribution < 1.29 is 19.5 Å². The van der Waals surface area contributed by atoms with Gasteiger partial charge in [0.2, 0.25) is 11.8 Å². The molecule has 0 bridgehead atoms. The number of hydrogen-bond donors (Lipinski definition) is 2. The second-order valence-electron chi connectivity index (χ2n) is 5.69. The molecule has 3 rings (SSSR count). The molecule has 3 atom stereocenters. The Labute approximate surface area is 146 Å². The third kappa shape index (κ3) is 2.46. The minimum absolute atomic E-state index is 0.00617. The van der Waals surface area contributed by atoms with Gasteiger partial charge in [0.1, 0.15) is 16.8 Å². The highest BCUT2D eigenvalue weighted by Gasteiger charge is 2.59. The molecular weight excluding hydrogens is 352 g/mol. The zero-order valence-electron chi connectivity index (χ0n) is 12.8. The number of thioether (sulfide) groups is 1. The molecular formula is C14H16N4O4S2. The number of nitrogens with two attached hydrogens (primary N) is 1. The van der Waals surface area contributed by atoms with Crippen molar-refractivity contribution in [2.24, 2.45) is 16.4 Å². The van der Waals surface area contributed by atoms with Crippen LogP contribution < -0.4 is 10.7 Å². The number of nitrogens with zero attached hydrogens (tertiary/aromatic N) is 3. The van der Waals surface area contributed by atoms with Crippen LogP contribution in [-0.2, 0) is 14.4 Å². The Balaban J connectivity index is 1.85. The summed E-state index contributed by atoms with van der Waals surface area (Å²) in [6.07, 6.45) is 1.18. The van der Waals surface area contributed by atoms with Crippen LogP contribution >= 0.6 is 23.1 Å². The van der Waals surface area contributed by atoms with E-state index in [0.717, 1.165) is 0 Å². The number of hydrogen-bond acceptors (Lipinski definition) is 7. The van der Waals surface area contributed by atoms with Crippen LogP contribution in [0.15, 0.2) is 22.6 Å². The number of carbonyl (C=O) groups excluding carboxylic acids is 2. The molecule has 8 nitrogen and oxygen atoms in total. The van der Waals surface area contributed by atoms with E-state index in [4.69, 9.17) is 5.84 Å². The summed E-state index contributed by atoms with van der Waals surface area (Å²) >= 11 is 2.72. The molecule has 2 aliphatic rings. The molecule has 0 radical (unpaired) electrons. The monoisotopic (exact) mass is 368 g/mol. The lowest BCUT2D eigenvalue weighted by Crippen LogP contribution is -2.74. The fourth-order valence-corrected chi connectivity index (χ4v) is 5.32. The van der Waals surface area contributed by atoms with Gasteiger partial charge in [0.05, 0.1) is 5.00 Å². The van der Waals surface area contributed by atoms with Gasteiger partial charge >= 0.3 is 5.97 Å². The molecule has 0 aromatic carbocycles. The summed E-state index contributed by atoms with van der Waals surface area (Å²) < 4.78 is 0. The average Bonchev–Trinajstić information content (AvgIpc) is 3.06. The van der Waals surface area contributed by atoms with Crippen LogP contribution in [0.25, 0.3) is 0 Å². The Bertz CT molecular complexity index is 708. The Kier molecular flexibility index (Phi) is 4.26. The van der Waals surface area contributed by atoms with Gasteiger partial charge in [0, 0.05) is 25.4 Å². The molecule has 2 unspecified atom stereocenters. The minimum Gasteiger partial charge on any atom is -0.480 e. The lowest BCUT2D eigenvalue weighted by atomic mass is 9.88. The van der Waals surface area contributed by atoms with Gasteiger partial charge in [-0.1, -0.05) is 0 Å². The van der Waals surface area contributed by atoms with E-state index in [1.54, 1.807) is 6.07 Å². The summed E-state index contributed by atoms with van der Waals surface area (Å²) in [7, 11) is 0. The van der Waals surface area contributed by atoms with Crippen LogP contribution in [0.3, 0.4) is 0 Å². The first-order chi connectivity index (χ1) is 11.4. The van der Waals surface area contributed by atoms with Crippen LogP contribution in [0.4, 0.5) is 5.00 Å². The van der Waals surface area contributed by atoms with Gasteiger partial charge in [-0.15, -0.1) is 23.1 Å². The number of carboxylic acids is 1. The first kappa shape index (κ1) is 16.8. The molecule has 0 spiro atoms. The lowest BCUT2D eigenvalue weighted by Gasteiger charge is -2.55. The summed E-state index contributed by atoms with van der Waals surface area (Å²) in [6, 6.07) is 3.00. The molecule has 2 aliphatic heterocycles. The maximum Gasteiger partial charge on any atom is 0.317 e. The second-order valence-corrected chi connectivity index (χ2v) is 7.72. The van der Waals surface area contributed by atoms with E-state index in [1.807, 2.05) is 11.4 Å². The summed E-state index contributed by atoms with van der Waals surface area (Å²) in [4.78, 5) is 39.2. The largest absolute Gasteiger partial charge is 0.480 e. The molecule has 0 aliphatic carbocycles. The van der Waals surface area contributed by atoms with Crippen LogP contribution in [0, 0.1) is 5.41 Å². The number of aliphatic carboxylic acids is 1. The van der Waals surface area contributed by atoms with E-state index >= 15 is 0 Å². The summed E-state index contributed by atoms with van der Waals surface area (Å²) in [6.45, 7) is 1.43. The van der Waals surface area contributed by atoms with Gasteiger partial charge in [-0.2, -0.15) is 5.10 Å². The third-order valence-corrected chi connectivity index (χ3v) is 6.59. The molecule has 2 saturated heterocycles. The van der Waals surface area contributed by atoms with E-state index < -0.39 is 17.4 Å².